The molecule has 1 aliphatic rings. The largest absolute Gasteiger partial charge is 0.442 e. The van der Waals surface area contributed by atoms with E-state index in [0.717, 1.165) is 11.4 Å². The van der Waals surface area contributed by atoms with Gasteiger partial charge in [0.15, 0.2) is 0 Å². The van der Waals surface area contributed by atoms with E-state index in [1.165, 1.54) is 0 Å². The minimum absolute atomic E-state index is 0.136. The molecule has 1 atom stereocenters. The summed E-state index contributed by atoms with van der Waals surface area (Å²) in [4.78, 5) is 13.3. The van der Waals surface area contributed by atoms with Crippen molar-refractivity contribution in [2.45, 2.75) is 6.10 Å². The van der Waals surface area contributed by atoms with Crippen LogP contribution in [-0.2, 0) is 4.74 Å². The zero-order valence-electron chi connectivity index (χ0n) is 11.0. The lowest BCUT2D eigenvalue weighted by Crippen LogP contribution is -2.31. The van der Waals surface area contributed by atoms with Crippen LogP contribution in [0.4, 0.5) is 16.2 Å². The lowest BCUT2D eigenvalue weighted by molar-refractivity contribution is 0.144. The predicted octanol–water partition coefficient (Wildman–Crippen LogP) is 2.93. The molecule has 4 heteroatoms. The molecule has 0 unspecified atom stereocenters. The van der Waals surface area contributed by atoms with Crippen molar-refractivity contribution in [1.29, 1.82) is 0 Å². The van der Waals surface area contributed by atoms with Crippen molar-refractivity contribution in [2.75, 3.05) is 18.0 Å². The number of hydrogen-bond acceptors (Lipinski definition) is 3. The topological polar surface area (TPSA) is 41.6 Å². The molecule has 0 spiro atoms. The number of amides is 1. The van der Waals surface area contributed by atoms with Crippen molar-refractivity contribution in [3.05, 3.63) is 60.7 Å². The van der Waals surface area contributed by atoms with Crippen LogP contribution in [0.5, 0.6) is 0 Å². The van der Waals surface area contributed by atoms with E-state index in [9.17, 15) is 4.79 Å². The lowest BCUT2D eigenvalue weighted by Gasteiger charge is -2.26. The van der Waals surface area contributed by atoms with Crippen LogP contribution in [0.3, 0.4) is 0 Å². The molecule has 1 amide bonds. The Kier molecular flexibility index (Phi) is 3.54. The van der Waals surface area contributed by atoms with E-state index in [1.807, 2.05) is 36.4 Å². The molecule has 4 nitrogen and oxygen atoms in total. The fraction of sp³-hybridized carbons (Fsp3) is 0.188. The van der Waals surface area contributed by atoms with Crippen LogP contribution >= 0.6 is 0 Å². The minimum atomic E-state index is -0.337. The number of nitrogens with one attached hydrogen (secondary N) is 1. The molecule has 0 aromatic heterocycles. The standard InChI is InChI=1S/C16H16N2O2/c19-16-17-11-15(20-16)12-18(13-7-3-1-4-8-13)14-9-5-2-6-10-14/h1-10,15H,11-12H2,(H,17,19)/t15-/m0/s1. The van der Waals surface area contributed by atoms with E-state index in [4.69, 9.17) is 4.74 Å². The first-order valence-corrected chi connectivity index (χ1v) is 6.65. The Morgan fingerprint density at radius 2 is 1.55 bits per heavy atom. The average molecular weight is 268 g/mol. The second-order valence-corrected chi connectivity index (χ2v) is 4.69. The fourth-order valence-electron chi connectivity index (χ4n) is 2.31. The summed E-state index contributed by atoms with van der Waals surface area (Å²) in [5, 5.41) is 2.69. The van der Waals surface area contributed by atoms with Crippen molar-refractivity contribution in [3.8, 4) is 0 Å². The summed E-state index contributed by atoms with van der Waals surface area (Å²) in [6.07, 6.45) is -0.473. The number of carbonyl (C=O) groups is 1. The van der Waals surface area contributed by atoms with Gasteiger partial charge in [-0.3, -0.25) is 0 Å². The van der Waals surface area contributed by atoms with Crippen LogP contribution in [0.15, 0.2) is 60.7 Å². The average Bonchev–Trinajstić information content (AvgIpc) is 2.92. The van der Waals surface area contributed by atoms with Crippen LogP contribution in [0.1, 0.15) is 0 Å². The third-order valence-corrected chi connectivity index (χ3v) is 3.27. The number of nitrogens with zero attached hydrogens (tertiary/aromatic N) is 1. The number of para-hydroxylation sites is 2. The van der Waals surface area contributed by atoms with Crippen LogP contribution in [-0.4, -0.2) is 25.3 Å². The van der Waals surface area contributed by atoms with E-state index >= 15 is 0 Å². The summed E-state index contributed by atoms with van der Waals surface area (Å²) in [6, 6.07) is 20.2. The van der Waals surface area contributed by atoms with Crippen molar-refractivity contribution in [1.82, 2.24) is 5.32 Å². The zero-order chi connectivity index (χ0) is 13.8. The predicted molar refractivity (Wildman–Crippen MR) is 78.2 cm³/mol. The highest BCUT2D eigenvalue weighted by molar-refractivity contribution is 5.70. The summed E-state index contributed by atoms with van der Waals surface area (Å²) in [5.41, 5.74) is 2.17. The first-order valence-electron chi connectivity index (χ1n) is 6.65. The van der Waals surface area contributed by atoms with Crippen molar-refractivity contribution in [2.24, 2.45) is 0 Å². The van der Waals surface area contributed by atoms with Gasteiger partial charge in [0.25, 0.3) is 0 Å². The molecule has 2 aromatic carbocycles. The number of hydrogen-bond donors (Lipinski definition) is 1. The Bertz CT molecular complexity index is 532. The monoisotopic (exact) mass is 268 g/mol. The Labute approximate surface area is 118 Å². The molecule has 1 aliphatic heterocycles. The molecule has 1 saturated heterocycles. The van der Waals surface area contributed by atoms with Gasteiger partial charge in [-0.15, -0.1) is 0 Å². The summed E-state index contributed by atoms with van der Waals surface area (Å²) >= 11 is 0. The molecule has 1 fully saturated rings. The van der Waals surface area contributed by atoms with Gasteiger partial charge in [-0.25, -0.2) is 4.79 Å². The van der Waals surface area contributed by atoms with Crippen molar-refractivity contribution in [3.63, 3.8) is 0 Å². The van der Waals surface area contributed by atoms with Gasteiger partial charge in [-0.1, -0.05) is 36.4 Å². The molecule has 20 heavy (non-hydrogen) atoms. The molecular weight excluding hydrogens is 252 g/mol. The molecule has 1 N–H and O–H groups in total. The maximum Gasteiger partial charge on any atom is 0.407 e. The summed E-state index contributed by atoms with van der Waals surface area (Å²) in [7, 11) is 0. The van der Waals surface area contributed by atoms with E-state index < -0.39 is 0 Å². The number of alkyl carbamates (subject to hydrolysis) is 1. The van der Waals surface area contributed by atoms with Crippen LogP contribution in [0.2, 0.25) is 0 Å². The second kappa shape index (κ2) is 5.65. The van der Waals surface area contributed by atoms with E-state index in [0.29, 0.717) is 13.1 Å². The number of anilines is 2. The molecule has 0 aliphatic carbocycles. The van der Waals surface area contributed by atoms with E-state index in [-0.39, 0.29) is 12.2 Å². The van der Waals surface area contributed by atoms with Crippen LogP contribution in [0, 0.1) is 0 Å². The summed E-state index contributed by atoms with van der Waals surface area (Å²) in [5.74, 6) is 0. The van der Waals surface area contributed by atoms with Gasteiger partial charge < -0.3 is 15.0 Å². The zero-order valence-corrected chi connectivity index (χ0v) is 11.0. The molecule has 3 rings (SSSR count). The van der Waals surface area contributed by atoms with E-state index in [1.54, 1.807) is 0 Å². The van der Waals surface area contributed by atoms with Gasteiger partial charge in [-0.05, 0) is 24.3 Å². The third kappa shape index (κ3) is 2.74. The SMILES string of the molecule is O=C1NC[C@@H](CN(c2ccccc2)c2ccccc2)O1. The normalized spacial score (nSPS) is 17.4. The molecule has 2 aromatic rings. The lowest BCUT2D eigenvalue weighted by atomic mass is 10.2. The number of carbonyl (C=O) groups excluding carboxylic acids is 1. The quantitative estimate of drug-likeness (QED) is 0.927. The first-order chi connectivity index (χ1) is 9.83. The highest BCUT2D eigenvalue weighted by atomic mass is 16.6. The Balaban J connectivity index is 1.86. The maximum absolute atomic E-state index is 11.2. The molecule has 0 radical (unpaired) electrons. The van der Waals surface area contributed by atoms with Gasteiger partial charge >= 0.3 is 6.09 Å². The Morgan fingerprint density at radius 3 is 2.00 bits per heavy atom. The fourth-order valence-corrected chi connectivity index (χ4v) is 2.31. The van der Waals surface area contributed by atoms with Gasteiger partial charge in [-0.2, -0.15) is 0 Å². The Hall–Kier alpha value is -2.49. The number of cyclic esters (lactones) is 1. The number of rotatable bonds is 4. The number of ether oxygens (including phenoxy) is 1. The first kappa shape index (κ1) is 12.5. The number of benzene rings is 2. The van der Waals surface area contributed by atoms with Crippen molar-refractivity contribution >= 4 is 17.5 Å². The summed E-state index contributed by atoms with van der Waals surface area (Å²) < 4.78 is 5.24. The maximum atomic E-state index is 11.2. The molecule has 102 valence electrons. The van der Waals surface area contributed by atoms with E-state index in [2.05, 4.69) is 34.5 Å². The van der Waals surface area contributed by atoms with Gasteiger partial charge in [0.2, 0.25) is 0 Å². The summed E-state index contributed by atoms with van der Waals surface area (Å²) in [6.45, 7) is 1.18. The van der Waals surface area contributed by atoms with Gasteiger partial charge in [0.05, 0.1) is 13.1 Å². The van der Waals surface area contributed by atoms with Crippen LogP contribution < -0.4 is 10.2 Å². The Morgan fingerprint density at radius 1 is 1.00 bits per heavy atom. The molecule has 0 saturated carbocycles. The molecule has 0 bridgehead atoms. The minimum Gasteiger partial charge on any atom is -0.442 e. The highest BCUT2D eigenvalue weighted by Crippen LogP contribution is 2.25. The third-order valence-electron chi connectivity index (χ3n) is 3.27. The molecule has 1 heterocycles. The van der Waals surface area contributed by atoms with Crippen molar-refractivity contribution < 1.29 is 9.53 Å². The van der Waals surface area contributed by atoms with Crippen LogP contribution in [0.25, 0.3) is 0 Å². The smallest absolute Gasteiger partial charge is 0.407 e. The highest BCUT2D eigenvalue weighted by Gasteiger charge is 2.25. The molecular formula is C16H16N2O2. The van der Waals surface area contributed by atoms with Gasteiger partial charge in [0, 0.05) is 11.4 Å². The van der Waals surface area contributed by atoms with Gasteiger partial charge in [0.1, 0.15) is 6.10 Å². The second-order valence-electron chi connectivity index (χ2n) is 4.69.